The number of ether oxygens (including phenoxy) is 5. The van der Waals surface area contributed by atoms with E-state index in [2.05, 4.69) is 0 Å². The van der Waals surface area contributed by atoms with Crippen LogP contribution in [0.1, 0.15) is 16.7 Å². The fourth-order valence-electron chi connectivity index (χ4n) is 3.36. The van der Waals surface area contributed by atoms with Gasteiger partial charge in [0.2, 0.25) is 12.5 Å². The van der Waals surface area contributed by atoms with Crippen LogP contribution in [-0.2, 0) is 12.0 Å². The Morgan fingerprint density at radius 1 is 0.917 bits per heavy atom. The lowest BCUT2D eigenvalue weighted by atomic mass is 9.69. The first-order chi connectivity index (χ1) is 11.6. The summed E-state index contributed by atoms with van der Waals surface area (Å²) in [6, 6.07) is 7.30. The van der Waals surface area contributed by atoms with Gasteiger partial charge in [0.15, 0.2) is 23.0 Å². The molecule has 126 valence electrons. The number of methoxy groups -OCH3 is 3. The second kappa shape index (κ2) is 5.21. The van der Waals surface area contributed by atoms with Gasteiger partial charge >= 0.3 is 0 Å². The van der Waals surface area contributed by atoms with Gasteiger partial charge in [0, 0.05) is 6.42 Å². The van der Waals surface area contributed by atoms with Gasteiger partial charge in [-0.3, -0.25) is 0 Å². The molecule has 1 aliphatic carbocycles. The minimum absolute atomic E-state index is 0.209. The molecular weight excluding hydrogens is 312 g/mol. The zero-order valence-corrected chi connectivity index (χ0v) is 13.7. The zero-order chi connectivity index (χ0) is 16.9. The van der Waals surface area contributed by atoms with E-state index in [0.29, 0.717) is 35.0 Å². The van der Waals surface area contributed by atoms with Gasteiger partial charge in [0.25, 0.3) is 0 Å². The Morgan fingerprint density at radius 3 is 2.12 bits per heavy atom. The highest BCUT2D eigenvalue weighted by molar-refractivity contribution is 5.62. The maximum Gasteiger partial charge on any atom is 0.231 e. The van der Waals surface area contributed by atoms with Gasteiger partial charge in [-0.05, 0) is 41.0 Å². The summed E-state index contributed by atoms with van der Waals surface area (Å²) >= 11 is 0. The predicted molar refractivity (Wildman–Crippen MR) is 85.4 cm³/mol. The van der Waals surface area contributed by atoms with Crippen LogP contribution in [0.5, 0.6) is 28.7 Å². The molecule has 2 aliphatic rings. The first-order valence-electron chi connectivity index (χ1n) is 7.56. The van der Waals surface area contributed by atoms with Crippen molar-refractivity contribution >= 4 is 0 Å². The van der Waals surface area contributed by atoms with Gasteiger partial charge in [-0.25, -0.2) is 0 Å². The highest BCUT2D eigenvalue weighted by atomic mass is 16.7. The van der Waals surface area contributed by atoms with Crippen molar-refractivity contribution in [3.05, 3.63) is 41.0 Å². The number of rotatable bonds is 4. The Labute approximate surface area is 139 Å². The van der Waals surface area contributed by atoms with Gasteiger partial charge in [-0.2, -0.15) is 0 Å². The van der Waals surface area contributed by atoms with Crippen molar-refractivity contribution in [3.8, 4) is 28.7 Å². The van der Waals surface area contributed by atoms with Crippen LogP contribution in [0.15, 0.2) is 24.3 Å². The first kappa shape index (κ1) is 15.0. The number of fused-ring (bicyclic) bond motifs is 2. The third kappa shape index (κ3) is 1.93. The van der Waals surface area contributed by atoms with Crippen molar-refractivity contribution in [2.75, 3.05) is 28.1 Å². The molecule has 4 rings (SSSR count). The molecule has 0 saturated heterocycles. The van der Waals surface area contributed by atoms with E-state index in [-0.39, 0.29) is 6.79 Å². The van der Waals surface area contributed by atoms with Crippen molar-refractivity contribution < 1.29 is 28.8 Å². The number of aliphatic hydroxyl groups is 1. The van der Waals surface area contributed by atoms with Gasteiger partial charge < -0.3 is 28.8 Å². The normalized spacial score (nSPS) is 20.2. The maximum atomic E-state index is 11.2. The fraction of sp³-hybridized carbons (Fsp3) is 0.333. The Bertz CT molecular complexity index is 790. The molecule has 0 aromatic heterocycles. The van der Waals surface area contributed by atoms with Crippen molar-refractivity contribution in [2.24, 2.45) is 0 Å². The summed E-state index contributed by atoms with van der Waals surface area (Å²) in [7, 11) is 4.66. The molecule has 6 nitrogen and oxygen atoms in total. The molecule has 0 radical (unpaired) electrons. The van der Waals surface area contributed by atoms with Crippen molar-refractivity contribution in [1.82, 2.24) is 0 Å². The van der Waals surface area contributed by atoms with Gasteiger partial charge in [0.1, 0.15) is 5.60 Å². The monoisotopic (exact) mass is 330 g/mol. The van der Waals surface area contributed by atoms with E-state index in [4.69, 9.17) is 23.7 Å². The summed E-state index contributed by atoms with van der Waals surface area (Å²) in [4.78, 5) is 0. The van der Waals surface area contributed by atoms with E-state index in [0.717, 1.165) is 16.9 Å². The molecule has 0 spiro atoms. The molecule has 6 heteroatoms. The van der Waals surface area contributed by atoms with E-state index in [1.54, 1.807) is 33.5 Å². The average Bonchev–Trinajstić information content (AvgIpc) is 3.06. The second-order valence-electron chi connectivity index (χ2n) is 5.81. The van der Waals surface area contributed by atoms with Crippen LogP contribution < -0.4 is 23.7 Å². The van der Waals surface area contributed by atoms with Gasteiger partial charge in [-0.15, -0.1) is 0 Å². The number of hydrogen-bond donors (Lipinski definition) is 1. The molecule has 24 heavy (non-hydrogen) atoms. The highest BCUT2D eigenvalue weighted by Gasteiger charge is 2.45. The standard InChI is InChI=1S/C18H18O6/c1-20-15-5-11(6-16(21-2)17(15)22-3)18(19)8-10-4-13-14(7-12(10)18)24-9-23-13/h4-7,19H,8-9H2,1-3H3. The highest BCUT2D eigenvalue weighted by Crippen LogP contribution is 2.51. The maximum absolute atomic E-state index is 11.2. The Hall–Kier alpha value is -2.60. The molecule has 0 fully saturated rings. The molecule has 1 atom stereocenters. The Kier molecular flexibility index (Phi) is 3.25. The quantitative estimate of drug-likeness (QED) is 0.927. The van der Waals surface area contributed by atoms with Crippen molar-refractivity contribution in [2.45, 2.75) is 12.0 Å². The van der Waals surface area contributed by atoms with Crippen molar-refractivity contribution in [1.29, 1.82) is 0 Å². The van der Waals surface area contributed by atoms with Crippen molar-refractivity contribution in [3.63, 3.8) is 0 Å². The van der Waals surface area contributed by atoms with E-state index < -0.39 is 5.60 Å². The van der Waals surface area contributed by atoms with Crippen LogP contribution in [-0.4, -0.2) is 33.2 Å². The summed E-state index contributed by atoms with van der Waals surface area (Å²) in [5.74, 6) is 2.89. The molecule has 1 aliphatic heterocycles. The third-order valence-corrected chi connectivity index (χ3v) is 4.63. The lowest BCUT2D eigenvalue weighted by molar-refractivity contribution is 0.0554. The molecular formula is C18H18O6. The fourth-order valence-corrected chi connectivity index (χ4v) is 3.36. The molecule has 2 aromatic rings. The number of hydrogen-bond acceptors (Lipinski definition) is 6. The number of benzene rings is 2. The molecule has 0 bridgehead atoms. The minimum atomic E-state index is -1.12. The largest absolute Gasteiger partial charge is 0.493 e. The predicted octanol–water partition coefficient (Wildman–Crippen LogP) is 2.23. The second-order valence-corrected chi connectivity index (χ2v) is 5.81. The lowest BCUT2D eigenvalue weighted by Crippen LogP contribution is -2.39. The molecule has 1 heterocycles. The van der Waals surface area contributed by atoms with Crippen LogP contribution in [0.4, 0.5) is 0 Å². The first-order valence-corrected chi connectivity index (χ1v) is 7.56. The van der Waals surface area contributed by atoms with E-state index >= 15 is 0 Å². The molecule has 1 unspecified atom stereocenters. The van der Waals surface area contributed by atoms with Crippen LogP contribution in [0, 0.1) is 0 Å². The average molecular weight is 330 g/mol. The van der Waals surface area contributed by atoms with Crippen LogP contribution in [0.3, 0.4) is 0 Å². The van der Waals surface area contributed by atoms with E-state index in [1.807, 2.05) is 12.1 Å². The smallest absolute Gasteiger partial charge is 0.231 e. The Morgan fingerprint density at radius 2 is 1.54 bits per heavy atom. The van der Waals surface area contributed by atoms with Gasteiger partial charge in [-0.1, -0.05) is 0 Å². The van der Waals surface area contributed by atoms with Crippen LogP contribution >= 0.6 is 0 Å². The summed E-state index contributed by atoms with van der Waals surface area (Å²) in [6.07, 6.45) is 0.484. The SMILES string of the molecule is COc1cc(C2(O)Cc3cc4c(cc32)OCO4)cc(OC)c1OC. The summed E-state index contributed by atoms with van der Waals surface area (Å²) in [6.45, 7) is 0.209. The Balaban J connectivity index is 1.82. The zero-order valence-electron chi connectivity index (χ0n) is 13.7. The van der Waals surface area contributed by atoms with Gasteiger partial charge in [0.05, 0.1) is 21.3 Å². The molecule has 2 aromatic carbocycles. The summed E-state index contributed by atoms with van der Waals surface area (Å²) in [5, 5.41) is 11.2. The third-order valence-electron chi connectivity index (χ3n) is 4.63. The summed E-state index contributed by atoms with van der Waals surface area (Å²) < 4.78 is 26.9. The molecule has 0 amide bonds. The minimum Gasteiger partial charge on any atom is -0.493 e. The van der Waals surface area contributed by atoms with E-state index in [1.165, 1.54) is 0 Å². The van der Waals surface area contributed by atoms with E-state index in [9.17, 15) is 5.11 Å². The molecule has 0 saturated carbocycles. The van der Waals surface area contributed by atoms with Crippen LogP contribution in [0.2, 0.25) is 0 Å². The molecule has 1 N–H and O–H groups in total. The topological polar surface area (TPSA) is 66.4 Å². The van der Waals surface area contributed by atoms with Crippen LogP contribution in [0.25, 0.3) is 0 Å². The lowest BCUT2D eigenvalue weighted by Gasteiger charge is -2.40. The summed E-state index contributed by atoms with van der Waals surface area (Å²) in [5.41, 5.74) is 1.41.